The molecule has 0 fully saturated rings. The zero-order valence-corrected chi connectivity index (χ0v) is 15.9. The molecule has 0 bridgehead atoms. The lowest BCUT2D eigenvalue weighted by Gasteiger charge is -2.13. The Hall–Kier alpha value is -3.20. The van der Waals surface area contributed by atoms with Crippen molar-refractivity contribution in [2.75, 3.05) is 12.5 Å². The number of H-pyrrole nitrogens is 1. The van der Waals surface area contributed by atoms with Gasteiger partial charge in [-0.3, -0.25) is 9.78 Å². The van der Waals surface area contributed by atoms with Crippen LogP contribution in [0.5, 0.6) is 11.5 Å². The maximum atomic E-state index is 11.2. The van der Waals surface area contributed by atoms with Crippen molar-refractivity contribution in [2.24, 2.45) is 5.10 Å². The van der Waals surface area contributed by atoms with Gasteiger partial charge in [-0.15, -0.1) is 10.2 Å². The molecule has 0 unspecified atom stereocenters. The van der Waals surface area contributed by atoms with E-state index in [1.807, 2.05) is 36.4 Å². The first kappa shape index (κ1) is 18.6. The predicted molar refractivity (Wildman–Crippen MR) is 105 cm³/mol. The Morgan fingerprint density at radius 2 is 2.11 bits per heavy atom. The van der Waals surface area contributed by atoms with Crippen LogP contribution in [0.2, 0.25) is 0 Å². The average molecular weight is 430 g/mol. The van der Waals surface area contributed by atoms with Crippen molar-refractivity contribution in [3.05, 3.63) is 74.6 Å². The molecule has 0 radical (unpaired) electrons. The standard InChI is InChI=1S/C18H16BrN5O3/c1-26-15-8-13(9-20-23-18-22-16(25)10-21-24-18)7-14(19)17(15)27-11-12-5-3-2-4-6-12/h2-10H,11H2,1H3,(H2,22,23,24,25)/b20-9+. The van der Waals surface area contributed by atoms with Gasteiger partial charge in [0.05, 0.1) is 17.8 Å². The number of ether oxygens (including phenoxy) is 2. The fourth-order valence-electron chi connectivity index (χ4n) is 2.22. The van der Waals surface area contributed by atoms with Crippen LogP contribution >= 0.6 is 15.9 Å². The monoisotopic (exact) mass is 429 g/mol. The third-order valence-electron chi connectivity index (χ3n) is 3.44. The average Bonchev–Trinajstić information content (AvgIpc) is 2.67. The number of benzene rings is 2. The molecular weight excluding hydrogens is 414 g/mol. The number of halogens is 1. The highest BCUT2D eigenvalue weighted by atomic mass is 79.9. The quantitative estimate of drug-likeness (QED) is 0.442. The lowest BCUT2D eigenvalue weighted by atomic mass is 10.2. The smallest absolute Gasteiger partial charge is 0.271 e. The zero-order chi connectivity index (χ0) is 19.1. The number of rotatable bonds is 7. The molecule has 0 aliphatic carbocycles. The Morgan fingerprint density at radius 1 is 1.30 bits per heavy atom. The van der Waals surface area contributed by atoms with E-state index in [9.17, 15) is 4.79 Å². The van der Waals surface area contributed by atoms with Gasteiger partial charge in [0, 0.05) is 0 Å². The third-order valence-corrected chi connectivity index (χ3v) is 4.03. The molecule has 0 aliphatic heterocycles. The minimum absolute atomic E-state index is 0.146. The number of aromatic nitrogens is 3. The molecule has 2 N–H and O–H groups in total. The van der Waals surface area contributed by atoms with Crippen molar-refractivity contribution in [2.45, 2.75) is 6.61 Å². The Labute approximate surface area is 163 Å². The van der Waals surface area contributed by atoms with E-state index in [2.05, 4.69) is 41.6 Å². The highest BCUT2D eigenvalue weighted by molar-refractivity contribution is 9.10. The molecule has 3 rings (SSSR count). The van der Waals surface area contributed by atoms with Gasteiger partial charge in [0.15, 0.2) is 11.5 Å². The molecule has 0 spiro atoms. The SMILES string of the molecule is COc1cc(/C=N/Nc2nncc(=O)[nH]2)cc(Br)c1OCc1ccccc1. The van der Waals surface area contributed by atoms with Crippen LogP contribution < -0.4 is 20.5 Å². The van der Waals surface area contributed by atoms with Gasteiger partial charge in [0.25, 0.3) is 5.56 Å². The van der Waals surface area contributed by atoms with Crippen LogP contribution in [0.25, 0.3) is 0 Å². The molecule has 0 saturated heterocycles. The van der Waals surface area contributed by atoms with Gasteiger partial charge in [-0.05, 0) is 39.2 Å². The van der Waals surface area contributed by atoms with Crippen molar-refractivity contribution in [1.29, 1.82) is 0 Å². The molecule has 0 saturated carbocycles. The number of hydrogen-bond donors (Lipinski definition) is 2. The first-order chi connectivity index (χ1) is 13.2. The Morgan fingerprint density at radius 3 is 2.85 bits per heavy atom. The van der Waals surface area contributed by atoms with E-state index in [0.717, 1.165) is 21.8 Å². The summed E-state index contributed by atoms with van der Waals surface area (Å²) in [6.45, 7) is 0.421. The van der Waals surface area contributed by atoms with Gasteiger partial charge in [-0.1, -0.05) is 30.3 Å². The van der Waals surface area contributed by atoms with Gasteiger partial charge >= 0.3 is 0 Å². The van der Waals surface area contributed by atoms with Crippen molar-refractivity contribution in [3.63, 3.8) is 0 Å². The van der Waals surface area contributed by atoms with E-state index >= 15 is 0 Å². The van der Waals surface area contributed by atoms with E-state index in [1.165, 1.54) is 0 Å². The number of aromatic amines is 1. The lowest BCUT2D eigenvalue weighted by molar-refractivity contribution is 0.282. The van der Waals surface area contributed by atoms with Gasteiger partial charge < -0.3 is 9.47 Å². The van der Waals surface area contributed by atoms with Crippen LogP contribution in [0.4, 0.5) is 5.95 Å². The van der Waals surface area contributed by atoms with Crippen LogP contribution in [0.1, 0.15) is 11.1 Å². The van der Waals surface area contributed by atoms with E-state index in [0.29, 0.717) is 18.1 Å². The molecule has 8 nitrogen and oxygen atoms in total. The maximum Gasteiger partial charge on any atom is 0.271 e. The van der Waals surface area contributed by atoms with Crippen LogP contribution in [0.15, 0.2) is 63.0 Å². The van der Waals surface area contributed by atoms with Crippen molar-refractivity contribution < 1.29 is 9.47 Å². The van der Waals surface area contributed by atoms with Gasteiger partial charge in [-0.25, -0.2) is 5.43 Å². The molecule has 27 heavy (non-hydrogen) atoms. The third kappa shape index (κ3) is 5.14. The summed E-state index contributed by atoms with van der Waals surface area (Å²) in [6.07, 6.45) is 2.63. The summed E-state index contributed by atoms with van der Waals surface area (Å²) in [6, 6.07) is 13.5. The normalized spacial score (nSPS) is 10.7. The topological polar surface area (TPSA) is 101 Å². The molecule has 2 aromatic carbocycles. The van der Waals surface area contributed by atoms with Crippen LogP contribution in [0.3, 0.4) is 0 Å². The summed E-state index contributed by atoms with van der Waals surface area (Å²) >= 11 is 3.50. The molecular formula is C18H16BrN5O3. The van der Waals surface area contributed by atoms with Crippen LogP contribution in [-0.4, -0.2) is 28.5 Å². The van der Waals surface area contributed by atoms with Crippen LogP contribution in [0, 0.1) is 0 Å². The van der Waals surface area contributed by atoms with Crippen LogP contribution in [-0.2, 0) is 6.61 Å². The number of anilines is 1. The minimum atomic E-state index is -0.368. The van der Waals surface area contributed by atoms with E-state index in [4.69, 9.17) is 9.47 Å². The number of nitrogens with zero attached hydrogens (tertiary/aromatic N) is 3. The Kier molecular flexibility index (Phi) is 6.16. The number of hydrazone groups is 1. The molecule has 1 aromatic heterocycles. The second-order valence-corrected chi connectivity index (χ2v) is 6.22. The van der Waals surface area contributed by atoms with Crippen molar-refractivity contribution in [3.8, 4) is 11.5 Å². The fourth-order valence-corrected chi connectivity index (χ4v) is 2.79. The highest BCUT2D eigenvalue weighted by Gasteiger charge is 2.11. The first-order valence-corrected chi connectivity index (χ1v) is 8.70. The highest BCUT2D eigenvalue weighted by Crippen LogP contribution is 2.36. The molecule has 0 amide bonds. The summed E-state index contributed by atoms with van der Waals surface area (Å²) < 4.78 is 12.1. The second-order valence-electron chi connectivity index (χ2n) is 5.36. The van der Waals surface area contributed by atoms with Crippen molar-refractivity contribution in [1.82, 2.24) is 15.2 Å². The molecule has 138 valence electrons. The van der Waals surface area contributed by atoms with E-state index < -0.39 is 0 Å². The first-order valence-electron chi connectivity index (χ1n) is 7.91. The summed E-state index contributed by atoms with van der Waals surface area (Å²) in [4.78, 5) is 13.6. The molecule has 0 atom stereocenters. The summed E-state index contributed by atoms with van der Waals surface area (Å²) in [5.41, 5.74) is 4.05. The second kappa shape index (κ2) is 8.95. The van der Waals surface area contributed by atoms with Gasteiger partial charge in [0.2, 0.25) is 5.95 Å². The number of nitrogens with one attached hydrogen (secondary N) is 2. The molecule has 0 aliphatic rings. The van der Waals surface area contributed by atoms with Gasteiger partial charge in [-0.2, -0.15) is 5.10 Å². The zero-order valence-electron chi connectivity index (χ0n) is 14.3. The number of hydrogen-bond acceptors (Lipinski definition) is 7. The van der Waals surface area contributed by atoms with Crippen molar-refractivity contribution >= 4 is 28.1 Å². The summed E-state index contributed by atoms with van der Waals surface area (Å²) in [5.74, 6) is 1.31. The minimum Gasteiger partial charge on any atom is -0.493 e. The fraction of sp³-hybridized carbons (Fsp3) is 0.111. The Bertz CT molecular complexity index is 992. The number of methoxy groups -OCH3 is 1. The lowest BCUT2D eigenvalue weighted by Crippen LogP contribution is -2.10. The predicted octanol–water partition coefficient (Wildman–Crippen LogP) is 2.96. The summed E-state index contributed by atoms with van der Waals surface area (Å²) in [5, 5.41) is 11.3. The molecule has 9 heteroatoms. The van der Waals surface area contributed by atoms with E-state index in [-0.39, 0.29) is 11.5 Å². The summed E-state index contributed by atoms with van der Waals surface area (Å²) in [7, 11) is 1.57. The largest absolute Gasteiger partial charge is 0.493 e. The Balaban J connectivity index is 1.73. The van der Waals surface area contributed by atoms with E-state index in [1.54, 1.807) is 19.4 Å². The molecule has 1 heterocycles. The maximum absolute atomic E-state index is 11.2. The molecule has 3 aromatic rings. The van der Waals surface area contributed by atoms with Gasteiger partial charge in [0.1, 0.15) is 12.8 Å².